The van der Waals surface area contributed by atoms with Gasteiger partial charge in [-0.1, -0.05) is 66.7 Å². The number of carbonyl (C=O) groups is 2. The molecule has 2 heterocycles. The van der Waals surface area contributed by atoms with Crippen LogP contribution >= 0.6 is 0 Å². The maximum absolute atomic E-state index is 15.2. The van der Waals surface area contributed by atoms with Gasteiger partial charge >= 0.3 is 0 Å². The first-order valence-corrected chi connectivity index (χ1v) is 11.8. The normalized spacial score (nSPS) is 11.6. The predicted octanol–water partition coefficient (Wildman–Crippen LogP) is 5.62. The summed E-state index contributed by atoms with van der Waals surface area (Å²) in [4.78, 5) is 34.2. The lowest BCUT2D eigenvalue weighted by Gasteiger charge is -2.16. The van der Waals surface area contributed by atoms with E-state index >= 15 is 4.39 Å². The Morgan fingerprint density at radius 2 is 1.65 bits per heavy atom. The standard InChI is InChI=1S/C30H23FN4O2/c31-28(35-29(36)23-10-6-16-32-18-23)22-13-15-25(20-7-2-1-3-8-20)26(17-22)30(37)33-19-24-14-12-21-9-4-5-11-27(21)34-24/h1-18,28H,19H2,(H,33,37)(H,35,36). The van der Waals surface area contributed by atoms with Crippen molar-refractivity contribution in [1.82, 2.24) is 20.6 Å². The highest BCUT2D eigenvalue weighted by atomic mass is 19.1. The summed E-state index contributed by atoms with van der Waals surface area (Å²) >= 11 is 0. The van der Waals surface area contributed by atoms with E-state index < -0.39 is 12.2 Å². The van der Waals surface area contributed by atoms with Crippen molar-refractivity contribution in [3.8, 4) is 11.1 Å². The largest absolute Gasteiger partial charge is 0.346 e. The van der Waals surface area contributed by atoms with Gasteiger partial charge in [-0.15, -0.1) is 0 Å². The number of hydrogen-bond acceptors (Lipinski definition) is 4. The van der Waals surface area contributed by atoms with Crippen LogP contribution in [0, 0.1) is 0 Å². The van der Waals surface area contributed by atoms with Crippen molar-refractivity contribution < 1.29 is 14.0 Å². The van der Waals surface area contributed by atoms with E-state index in [2.05, 4.69) is 20.6 Å². The topological polar surface area (TPSA) is 84.0 Å². The zero-order valence-electron chi connectivity index (χ0n) is 19.8. The number of para-hydroxylation sites is 1. The second-order valence-corrected chi connectivity index (χ2v) is 8.43. The number of aromatic nitrogens is 2. The zero-order valence-corrected chi connectivity index (χ0v) is 19.8. The van der Waals surface area contributed by atoms with Crippen LogP contribution in [-0.2, 0) is 6.54 Å². The minimum Gasteiger partial charge on any atom is -0.346 e. The molecule has 2 N–H and O–H groups in total. The van der Waals surface area contributed by atoms with Crippen LogP contribution in [0.2, 0.25) is 0 Å². The summed E-state index contributed by atoms with van der Waals surface area (Å²) in [6, 6.07) is 28.8. The molecule has 37 heavy (non-hydrogen) atoms. The fourth-order valence-corrected chi connectivity index (χ4v) is 4.03. The molecular weight excluding hydrogens is 467 g/mol. The number of amides is 2. The van der Waals surface area contributed by atoms with E-state index in [1.165, 1.54) is 18.5 Å². The Bertz CT molecular complexity index is 1560. The minimum absolute atomic E-state index is 0.158. The first-order chi connectivity index (χ1) is 18.1. The van der Waals surface area contributed by atoms with Crippen LogP contribution in [0.3, 0.4) is 0 Å². The number of pyridine rings is 2. The van der Waals surface area contributed by atoms with Crippen LogP contribution < -0.4 is 10.6 Å². The lowest BCUT2D eigenvalue weighted by Crippen LogP contribution is -2.27. The highest BCUT2D eigenvalue weighted by Crippen LogP contribution is 2.28. The molecule has 2 amide bonds. The lowest BCUT2D eigenvalue weighted by atomic mass is 9.96. The van der Waals surface area contributed by atoms with Gasteiger partial charge in [-0.05, 0) is 41.5 Å². The number of fused-ring (bicyclic) bond motifs is 1. The van der Waals surface area contributed by atoms with Crippen molar-refractivity contribution in [2.45, 2.75) is 12.8 Å². The first-order valence-electron chi connectivity index (χ1n) is 11.8. The third kappa shape index (κ3) is 5.51. The molecular formula is C30H23FN4O2. The van der Waals surface area contributed by atoms with Crippen LogP contribution in [0.4, 0.5) is 4.39 Å². The number of alkyl halides is 1. The Morgan fingerprint density at radius 3 is 2.46 bits per heavy atom. The predicted molar refractivity (Wildman–Crippen MR) is 140 cm³/mol. The van der Waals surface area contributed by atoms with E-state index in [9.17, 15) is 9.59 Å². The second kappa shape index (κ2) is 10.8. The fourth-order valence-electron chi connectivity index (χ4n) is 4.03. The van der Waals surface area contributed by atoms with Gasteiger partial charge in [-0.2, -0.15) is 0 Å². The van der Waals surface area contributed by atoms with Gasteiger partial charge < -0.3 is 10.6 Å². The number of nitrogens with one attached hydrogen (secondary N) is 2. The monoisotopic (exact) mass is 490 g/mol. The molecule has 0 spiro atoms. The minimum atomic E-state index is -1.81. The summed E-state index contributed by atoms with van der Waals surface area (Å²) in [5, 5.41) is 6.24. The van der Waals surface area contributed by atoms with Gasteiger partial charge in [0.2, 0.25) is 0 Å². The molecule has 0 saturated carbocycles. The third-order valence-electron chi connectivity index (χ3n) is 5.93. The van der Waals surface area contributed by atoms with Crippen LogP contribution in [-0.4, -0.2) is 21.8 Å². The van der Waals surface area contributed by atoms with Gasteiger partial charge in [0.05, 0.1) is 23.3 Å². The van der Waals surface area contributed by atoms with E-state index in [0.29, 0.717) is 16.8 Å². The lowest BCUT2D eigenvalue weighted by molar-refractivity contribution is 0.0893. The molecule has 0 radical (unpaired) electrons. The number of halogens is 1. The summed E-state index contributed by atoms with van der Waals surface area (Å²) in [7, 11) is 0. The summed E-state index contributed by atoms with van der Waals surface area (Å²) in [6.45, 7) is 0.207. The number of hydrogen-bond donors (Lipinski definition) is 2. The Kier molecular flexibility index (Phi) is 6.94. The fraction of sp³-hybridized carbons (Fsp3) is 0.0667. The molecule has 5 rings (SSSR count). The number of rotatable bonds is 7. The van der Waals surface area contributed by atoms with Crippen LogP contribution in [0.25, 0.3) is 22.0 Å². The molecule has 0 fully saturated rings. The smallest absolute Gasteiger partial charge is 0.255 e. The van der Waals surface area contributed by atoms with Gasteiger partial charge in [-0.25, -0.2) is 4.39 Å². The second-order valence-electron chi connectivity index (χ2n) is 8.43. The molecule has 0 aliphatic heterocycles. The maximum Gasteiger partial charge on any atom is 0.255 e. The number of nitrogens with zero attached hydrogens (tertiary/aromatic N) is 2. The molecule has 2 aromatic heterocycles. The zero-order chi connectivity index (χ0) is 25.6. The Morgan fingerprint density at radius 1 is 0.838 bits per heavy atom. The molecule has 1 unspecified atom stereocenters. The third-order valence-corrected chi connectivity index (χ3v) is 5.93. The van der Waals surface area contributed by atoms with Gasteiger partial charge in [-0.3, -0.25) is 19.6 Å². The summed E-state index contributed by atoms with van der Waals surface area (Å²) in [5.74, 6) is -0.970. The SMILES string of the molecule is O=C(NC(F)c1ccc(-c2ccccc2)c(C(=O)NCc2ccc3ccccc3n2)c1)c1cccnc1. The molecule has 0 aliphatic carbocycles. The van der Waals surface area contributed by atoms with Crippen molar-refractivity contribution in [3.05, 3.63) is 132 Å². The van der Waals surface area contributed by atoms with Gasteiger partial charge in [0.15, 0.2) is 6.30 Å². The van der Waals surface area contributed by atoms with Crippen molar-refractivity contribution in [2.75, 3.05) is 0 Å². The molecule has 6 nitrogen and oxygen atoms in total. The van der Waals surface area contributed by atoms with Crippen LogP contribution in [0.5, 0.6) is 0 Å². The van der Waals surface area contributed by atoms with Crippen LogP contribution in [0.1, 0.15) is 38.3 Å². The van der Waals surface area contributed by atoms with E-state index in [1.54, 1.807) is 24.3 Å². The highest BCUT2D eigenvalue weighted by Gasteiger charge is 2.20. The Labute approximate surface area is 213 Å². The van der Waals surface area contributed by atoms with Gasteiger partial charge in [0.25, 0.3) is 11.8 Å². The van der Waals surface area contributed by atoms with Gasteiger partial charge in [0.1, 0.15) is 0 Å². The summed E-state index contributed by atoms with van der Waals surface area (Å²) in [6.07, 6.45) is 1.08. The average molecular weight is 491 g/mol. The number of benzene rings is 3. The molecule has 3 aromatic carbocycles. The van der Waals surface area contributed by atoms with E-state index in [1.807, 2.05) is 66.7 Å². The van der Waals surface area contributed by atoms with E-state index in [0.717, 1.165) is 16.5 Å². The quantitative estimate of drug-likeness (QED) is 0.290. The molecule has 5 aromatic rings. The van der Waals surface area contributed by atoms with Gasteiger partial charge in [0, 0.05) is 28.9 Å². The highest BCUT2D eigenvalue weighted by molar-refractivity contribution is 6.01. The average Bonchev–Trinajstić information content (AvgIpc) is 2.96. The molecule has 0 saturated heterocycles. The van der Waals surface area contributed by atoms with Crippen molar-refractivity contribution in [2.24, 2.45) is 0 Å². The Hall–Kier alpha value is -4.91. The van der Waals surface area contributed by atoms with E-state index in [4.69, 9.17) is 0 Å². The van der Waals surface area contributed by atoms with Crippen LogP contribution in [0.15, 0.2) is 109 Å². The molecule has 7 heteroatoms. The summed E-state index contributed by atoms with van der Waals surface area (Å²) < 4.78 is 15.2. The first kappa shape index (κ1) is 23.8. The molecule has 0 aliphatic rings. The molecule has 0 bridgehead atoms. The van der Waals surface area contributed by atoms with Crippen molar-refractivity contribution >= 4 is 22.7 Å². The molecule has 182 valence electrons. The van der Waals surface area contributed by atoms with Crippen molar-refractivity contribution in [1.29, 1.82) is 0 Å². The van der Waals surface area contributed by atoms with Crippen molar-refractivity contribution in [3.63, 3.8) is 0 Å². The maximum atomic E-state index is 15.2. The van der Waals surface area contributed by atoms with E-state index in [-0.39, 0.29) is 23.6 Å². The number of carbonyl (C=O) groups excluding carboxylic acids is 2. The summed E-state index contributed by atoms with van der Waals surface area (Å²) in [5.41, 5.74) is 3.71. The Balaban J connectivity index is 1.40. The molecule has 1 atom stereocenters.